The van der Waals surface area contributed by atoms with Gasteiger partial charge in [-0.1, -0.05) is 6.42 Å². The lowest BCUT2D eigenvalue weighted by Crippen LogP contribution is -2.03. The van der Waals surface area contributed by atoms with Crippen LogP contribution < -0.4 is 0 Å². The van der Waals surface area contributed by atoms with Crippen LogP contribution in [0.4, 0.5) is 0 Å². The summed E-state index contributed by atoms with van der Waals surface area (Å²) in [5, 5.41) is 0. The number of rotatable bonds is 2. The third kappa shape index (κ3) is 3.62. The lowest BCUT2D eigenvalue weighted by Gasteiger charge is -2.06. The Hall–Kier alpha value is -0.790. The van der Waals surface area contributed by atoms with Crippen LogP contribution in [0.5, 0.6) is 0 Å². The molecule has 0 atom stereocenters. The van der Waals surface area contributed by atoms with E-state index in [1.54, 1.807) is 6.26 Å². The van der Waals surface area contributed by atoms with E-state index in [1.807, 2.05) is 13.8 Å². The zero-order valence-corrected chi connectivity index (χ0v) is 8.51. The van der Waals surface area contributed by atoms with Gasteiger partial charge in [-0.15, -0.1) is 0 Å². The molecule has 1 aliphatic rings. The monoisotopic (exact) mass is 182 g/mol. The van der Waals surface area contributed by atoms with Gasteiger partial charge in [0.2, 0.25) is 0 Å². The molecular formula is C11H18O2. The van der Waals surface area contributed by atoms with Gasteiger partial charge in [-0.05, 0) is 33.1 Å². The van der Waals surface area contributed by atoms with Gasteiger partial charge in [0.1, 0.15) is 0 Å². The number of allylic oxidation sites excluding steroid dienone is 1. The summed E-state index contributed by atoms with van der Waals surface area (Å²) in [7, 11) is 0. The van der Waals surface area contributed by atoms with Crippen molar-refractivity contribution >= 4 is 5.78 Å². The van der Waals surface area contributed by atoms with E-state index in [9.17, 15) is 4.79 Å². The Kier molecular flexibility index (Phi) is 4.00. The van der Waals surface area contributed by atoms with Crippen LogP contribution in [0.1, 0.15) is 46.0 Å². The van der Waals surface area contributed by atoms with Gasteiger partial charge >= 0.3 is 0 Å². The van der Waals surface area contributed by atoms with E-state index in [0.29, 0.717) is 6.42 Å². The molecule has 0 N–H and O–H groups in total. The SMILES string of the molecule is CC(C)O/C=C1/CCCCCC1=O. The Morgan fingerprint density at radius 1 is 1.23 bits per heavy atom. The smallest absolute Gasteiger partial charge is 0.161 e. The van der Waals surface area contributed by atoms with Crippen LogP contribution in [0.25, 0.3) is 0 Å². The molecule has 0 amide bonds. The summed E-state index contributed by atoms with van der Waals surface area (Å²) in [5.41, 5.74) is 0.881. The molecular weight excluding hydrogens is 164 g/mol. The highest BCUT2D eigenvalue weighted by atomic mass is 16.5. The number of ether oxygens (including phenoxy) is 1. The summed E-state index contributed by atoms with van der Waals surface area (Å²) in [6.07, 6.45) is 6.77. The van der Waals surface area contributed by atoms with Crippen LogP contribution in [-0.2, 0) is 9.53 Å². The summed E-state index contributed by atoms with van der Waals surface area (Å²) in [6.45, 7) is 3.94. The summed E-state index contributed by atoms with van der Waals surface area (Å²) in [4.78, 5) is 11.5. The Morgan fingerprint density at radius 3 is 2.62 bits per heavy atom. The van der Waals surface area contributed by atoms with Crippen molar-refractivity contribution in [3.8, 4) is 0 Å². The maximum Gasteiger partial charge on any atom is 0.161 e. The van der Waals surface area contributed by atoms with Crippen molar-refractivity contribution in [1.29, 1.82) is 0 Å². The van der Waals surface area contributed by atoms with Crippen molar-refractivity contribution < 1.29 is 9.53 Å². The third-order valence-corrected chi connectivity index (χ3v) is 2.19. The highest BCUT2D eigenvalue weighted by Gasteiger charge is 2.13. The van der Waals surface area contributed by atoms with Crippen LogP contribution in [0.3, 0.4) is 0 Å². The van der Waals surface area contributed by atoms with Crippen molar-refractivity contribution in [3.05, 3.63) is 11.8 Å². The first-order chi connectivity index (χ1) is 6.20. The fourth-order valence-corrected chi connectivity index (χ4v) is 1.42. The second-order valence-electron chi connectivity index (χ2n) is 3.81. The third-order valence-electron chi connectivity index (χ3n) is 2.19. The molecule has 0 aromatic carbocycles. The Morgan fingerprint density at radius 2 is 1.92 bits per heavy atom. The minimum absolute atomic E-state index is 0.170. The summed E-state index contributed by atoms with van der Waals surface area (Å²) >= 11 is 0. The van der Waals surface area contributed by atoms with Gasteiger partial charge < -0.3 is 4.74 Å². The quantitative estimate of drug-likeness (QED) is 0.373. The van der Waals surface area contributed by atoms with Gasteiger partial charge in [0, 0.05) is 12.0 Å². The van der Waals surface area contributed by atoms with E-state index >= 15 is 0 Å². The lowest BCUT2D eigenvalue weighted by molar-refractivity contribution is -0.115. The fraction of sp³-hybridized carbons (Fsp3) is 0.727. The van der Waals surface area contributed by atoms with E-state index in [-0.39, 0.29) is 11.9 Å². The van der Waals surface area contributed by atoms with E-state index in [0.717, 1.165) is 24.8 Å². The summed E-state index contributed by atoms with van der Waals surface area (Å²) in [6, 6.07) is 0. The topological polar surface area (TPSA) is 26.3 Å². The van der Waals surface area contributed by atoms with Crippen molar-refractivity contribution in [3.63, 3.8) is 0 Å². The van der Waals surface area contributed by atoms with Crippen molar-refractivity contribution in [1.82, 2.24) is 0 Å². The maximum absolute atomic E-state index is 11.5. The van der Waals surface area contributed by atoms with Crippen LogP contribution in [-0.4, -0.2) is 11.9 Å². The summed E-state index contributed by atoms with van der Waals surface area (Å²) in [5.74, 6) is 0.276. The van der Waals surface area contributed by atoms with E-state index in [1.165, 1.54) is 6.42 Å². The van der Waals surface area contributed by atoms with Crippen molar-refractivity contribution in [2.45, 2.75) is 52.1 Å². The lowest BCUT2D eigenvalue weighted by atomic mass is 10.1. The molecule has 0 saturated heterocycles. The highest BCUT2D eigenvalue weighted by Crippen LogP contribution is 2.19. The van der Waals surface area contributed by atoms with Crippen LogP contribution >= 0.6 is 0 Å². The zero-order valence-electron chi connectivity index (χ0n) is 8.51. The van der Waals surface area contributed by atoms with Gasteiger partial charge in [0.25, 0.3) is 0 Å². The molecule has 1 aliphatic carbocycles. The van der Waals surface area contributed by atoms with Crippen LogP contribution in [0.2, 0.25) is 0 Å². The number of hydrogen-bond acceptors (Lipinski definition) is 2. The van der Waals surface area contributed by atoms with Gasteiger partial charge in [-0.3, -0.25) is 4.79 Å². The maximum atomic E-state index is 11.5. The number of ketones is 1. The first kappa shape index (κ1) is 10.3. The van der Waals surface area contributed by atoms with Gasteiger partial charge in [-0.2, -0.15) is 0 Å². The molecule has 0 radical (unpaired) electrons. The molecule has 13 heavy (non-hydrogen) atoms. The van der Waals surface area contributed by atoms with Gasteiger partial charge in [-0.25, -0.2) is 0 Å². The Labute approximate surface area is 80.0 Å². The standard InChI is InChI=1S/C11H18O2/c1-9(2)13-8-10-6-4-3-5-7-11(10)12/h8-9H,3-7H2,1-2H3/b10-8-. The molecule has 0 aromatic heterocycles. The molecule has 1 saturated carbocycles. The molecule has 0 aromatic rings. The molecule has 1 rings (SSSR count). The highest BCUT2D eigenvalue weighted by molar-refractivity contribution is 5.95. The Balaban J connectivity index is 2.53. The first-order valence-electron chi connectivity index (χ1n) is 5.08. The van der Waals surface area contributed by atoms with Gasteiger partial charge in [0.15, 0.2) is 5.78 Å². The van der Waals surface area contributed by atoms with E-state index in [4.69, 9.17) is 4.74 Å². The molecule has 0 spiro atoms. The second kappa shape index (κ2) is 5.05. The van der Waals surface area contributed by atoms with E-state index < -0.39 is 0 Å². The van der Waals surface area contributed by atoms with Crippen LogP contribution in [0.15, 0.2) is 11.8 Å². The molecule has 2 heteroatoms. The molecule has 1 fully saturated rings. The molecule has 0 bridgehead atoms. The largest absolute Gasteiger partial charge is 0.498 e. The normalized spacial score (nSPS) is 22.1. The molecule has 74 valence electrons. The molecule has 0 aliphatic heterocycles. The zero-order chi connectivity index (χ0) is 9.68. The number of Topliss-reactive ketones (excluding diaryl/α,β-unsaturated/α-hetero) is 1. The number of carbonyl (C=O) groups excluding carboxylic acids is 1. The minimum atomic E-state index is 0.170. The minimum Gasteiger partial charge on any atom is -0.498 e. The summed E-state index contributed by atoms with van der Waals surface area (Å²) < 4.78 is 5.32. The number of hydrogen-bond donors (Lipinski definition) is 0. The van der Waals surface area contributed by atoms with Crippen molar-refractivity contribution in [2.75, 3.05) is 0 Å². The van der Waals surface area contributed by atoms with E-state index in [2.05, 4.69) is 0 Å². The van der Waals surface area contributed by atoms with Crippen molar-refractivity contribution in [2.24, 2.45) is 0 Å². The molecule has 0 unspecified atom stereocenters. The predicted octanol–water partition coefficient (Wildman–Crippen LogP) is 2.83. The van der Waals surface area contributed by atoms with Gasteiger partial charge in [0.05, 0.1) is 12.4 Å². The Bertz CT molecular complexity index is 204. The molecule has 0 heterocycles. The molecule has 2 nitrogen and oxygen atoms in total. The first-order valence-corrected chi connectivity index (χ1v) is 5.08. The average molecular weight is 182 g/mol. The average Bonchev–Trinajstić information content (AvgIpc) is 2.27. The van der Waals surface area contributed by atoms with Crippen LogP contribution in [0, 0.1) is 0 Å². The number of carbonyl (C=O) groups is 1. The predicted molar refractivity (Wildman–Crippen MR) is 52.4 cm³/mol. The second-order valence-corrected chi connectivity index (χ2v) is 3.81. The fourth-order valence-electron chi connectivity index (χ4n) is 1.42.